The summed E-state index contributed by atoms with van der Waals surface area (Å²) in [6.07, 6.45) is 6.06. The van der Waals surface area contributed by atoms with Crippen LogP contribution in [0.4, 0.5) is 0 Å². The first-order chi connectivity index (χ1) is 8.64. The predicted octanol–water partition coefficient (Wildman–Crippen LogP) is 3.87. The van der Waals surface area contributed by atoms with Crippen molar-refractivity contribution in [3.63, 3.8) is 0 Å². The summed E-state index contributed by atoms with van der Waals surface area (Å²) in [5.74, 6) is 1.23. The lowest BCUT2D eigenvalue weighted by Crippen LogP contribution is -2.33. The standard InChI is InChI=1S/C16H24O2/c1-3-18-15-11-7-10-14(12-15)16(2,17)13-8-5-4-6-9-13/h7,10-13,17H,3-6,8-9H2,1-2H3. The second-order valence-electron chi connectivity index (χ2n) is 5.44. The molecule has 0 saturated heterocycles. The highest BCUT2D eigenvalue weighted by Gasteiger charge is 2.34. The Bertz CT molecular complexity index is 378. The Balaban J connectivity index is 2.19. The van der Waals surface area contributed by atoms with E-state index in [0.29, 0.717) is 12.5 Å². The minimum atomic E-state index is -0.729. The van der Waals surface area contributed by atoms with Crippen molar-refractivity contribution in [2.24, 2.45) is 5.92 Å². The van der Waals surface area contributed by atoms with Crippen LogP contribution in [0.15, 0.2) is 24.3 Å². The minimum Gasteiger partial charge on any atom is -0.494 e. The number of rotatable bonds is 4. The quantitative estimate of drug-likeness (QED) is 0.876. The Kier molecular flexibility index (Phi) is 4.28. The summed E-state index contributed by atoms with van der Waals surface area (Å²) in [7, 11) is 0. The van der Waals surface area contributed by atoms with Gasteiger partial charge in [0.25, 0.3) is 0 Å². The molecular formula is C16H24O2. The van der Waals surface area contributed by atoms with E-state index in [9.17, 15) is 5.11 Å². The van der Waals surface area contributed by atoms with Crippen molar-refractivity contribution in [2.75, 3.05) is 6.61 Å². The van der Waals surface area contributed by atoms with E-state index >= 15 is 0 Å². The largest absolute Gasteiger partial charge is 0.494 e. The zero-order chi connectivity index (χ0) is 13.0. The van der Waals surface area contributed by atoms with Gasteiger partial charge >= 0.3 is 0 Å². The predicted molar refractivity (Wildman–Crippen MR) is 73.8 cm³/mol. The molecule has 1 atom stereocenters. The summed E-state index contributed by atoms with van der Waals surface area (Å²) < 4.78 is 5.52. The smallest absolute Gasteiger partial charge is 0.119 e. The molecule has 1 aromatic carbocycles. The fraction of sp³-hybridized carbons (Fsp3) is 0.625. The zero-order valence-electron chi connectivity index (χ0n) is 11.5. The summed E-state index contributed by atoms with van der Waals surface area (Å²) in [5.41, 5.74) is 0.258. The molecule has 0 radical (unpaired) electrons. The average Bonchev–Trinajstić information content (AvgIpc) is 2.40. The number of aliphatic hydroxyl groups is 1. The average molecular weight is 248 g/mol. The van der Waals surface area contributed by atoms with Crippen LogP contribution < -0.4 is 4.74 Å². The van der Waals surface area contributed by atoms with Crippen LogP contribution in [0, 0.1) is 5.92 Å². The zero-order valence-corrected chi connectivity index (χ0v) is 11.5. The third-order valence-corrected chi connectivity index (χ3v) is 4.13. The van der Waals surface area contributed by atoms with Gasteiger partial charge < -0.3 is 9.84 Å². The van der Waals surface area contributed by atoms with E-state index in [0.717, 1.165) is 24.2 Å². The van der Waals surface area contributed by atoms with Crippen LogP contribution in [0.2, 0.25) is 0 Å². The minimum absolute atomic E-state index is 0.378. The second kappa shape index (κ2) is 5.75. The molecule has 0 amide bonds. The molecule has 1 N–H and O–H groups in total. The highest BCUT2D eigenvalue weighted by molar-refractivity contribution is 5.32. The van der Waals surface area contributed by atoms with E-state index in [1.807, 2.05) is 38.1 Å². The van der Waals surface area contributed by atoms with Crippen molar-refractivity contribution in [2.45, 2.75) is 51.6 Å². The van der Waals surface area contributed by atoms with E-state index in [1.165, 1.54) is 19.3 Å². The molecule has 0 aromatic heterocycles. The molecule has 1 unspecified atom stereocenters. The number of ether oxygens (including phenoxy) is 1. The molecule has 2 rings (SSSR count). The molecule has 100 valence electrons. The normalized spacial score (nSPS) is 20.4. The first-order valence-electron chi connectivity index (χ1n) is 7.10. The third kappa shape index (κ3) is 2.86. The van der Waals surface area contributed by atoms with Crippen molar-refractivity contribution in [3.8, 4) is 5.75 Å². The summed E-state index contributed by atoms with van der Waals surface area (Å²) in [6, 6.07) is 7.91. The van der Waals surface area contributed by atoms with Crippen molar-refractivity contribution in [1.82, 2.24) is 0 Å². The topological polar surface area (TPSA) is 29.5 Å². The number of hydrogen-bond acceptors (Lipinski definition) is 2. The maximum Gasteiger partial charge on any atom is 0.119 e. The number of benzene rings is 1. The lowest BCUT2D eigenvalue weighted by atomic mass is 9.74. The van der Waals surface area contributed by atoms with Gasteiger partial charge in [0.15, 0.2) is 0 Å². The van der Waals surface area contributed by atoms with Gasteiger partial charge in [0.2, 0.25) is 0 Å². The van der Waals surface area contributed by atoms with Crippen LogP contribution in [-0.2, 0) is 5.60 Å². The molecule has 1 aliphatic rings. The first-order valence-corrected chi connectivity index (χ1v) is 7.10. The molecule has 0 spiro atoms. The van der Waals surface area contributed by atoms with Crippen molar-refractivity contribution < 1.29 is 9.84 Å². The molecule has 1 aliphatic carbocycles. The molecule has 1 saturated carbocycles. The lowest BCUT2D eigenvalue weighted by molar-refractivity contribution is -0.0216. The van der Waals surface area contributed by atoms with Gasteiger partial charge in [-0.05, 0) is 50.3 Å². The van der Waals surface area contributed by atoms with Crippen molar-refractivity contribution in [3.05, 3.63) is 29.8 Å². The summed E-state index contributed by atoms with van der Waals surface area (Å²) in [5, 5.41) is 10.8. The first kappa shape index (κ1) is 13.4. The van der Waals surface area contributed by atoms with Crippen molar-refractivity contribution in [1.29, 1.82) is 0 Å². The van der Waals surface area contributed by atoms with E-state index in [4.69, 9.17) is 4.74 Å². The van der Waals surface area contributed by atoms with Crippen LogP contribution in [0.5, 0.6) is 5.75 Å². The van der Waals surface area contributed by atoms with E-state index in [1.54, 1.807) is 0 Å². The summed E-state index contributed by atoms with van der Waals surface area (Å²) in [4.78, 5) is 0. The summed E-state index contributed by atoms with van der Waals surface area (Å²) in [6.45, 7) is 4.59. The highest BCUT2D eigenvalue weighted by Crippen LogP contribution is 2.39. The van der Waals surface area contributed by atoms with Gasteiger partial charge in [-0.2, -0.15) is 0 Å². The van der Waals surface area contributed by atoms with Crippen LogP contribution in [0.25, 0.3) is 0 Å². The number of hydrogen-bond donors (Lipinski definition) is 1. The molecule has 2 heteroatoms. The van der Waals surface area contributed by atoms with Gasteiger partial charge in [-0.1, -0.05) is 31.4 Å². The molecule has 0 heterocycles. The fourth-order valence-corrected chi connectivity index (χ4v) is 2.97. The molecule has 2 nitrogen and oxygen atoms in total. The van der Waals surface area contributed by atoms with E-state index in [-0.39, 0.29) is 0 Å². The van der Waals surface area contributed by atoms with Gasteiger partial charge in [0, 0.05) is 0 Å². The molecule has 1 aromatic rings. The maximum atomic E-state index is 10.8. The van der Waals surface area contributed by atoms with Crippen molar-refractivity contribution >= 4 is 0 Å². The third-order valence-electron chi connectivity index (χ3n) is 4.13. The molecule has 0 bridgehead atoms. The van der Waals surface area contributed by atoms with Gasteiger partial charge in [-0.15, -0.1) is 0 Å². The SMILES string of the molecule is CCOc1cccc(C(C)(O)C2CCCCC2)c1. The van der Waals surface area contributed by atoms with Gasteiger partial charge in [-0.25, -0.2) is 0 Å². The maximum absolute atomic E-state index is 10.8. The highest BCUT2D eigenvalue weighted by atomic mass is 16.5. The van der Waals surface area contributed by atoms with Gasteiger partial charge in [-0.3, -0.25) is 0 Å². The Hall–Kier alpha value is -1.02. The monoisotopic (exact) mass is 248 g/mol. The Morgan fingerprint density at radius 3 is 2.67 bits per heavy atom. The fourth-order valence-electron chi connectivity index (χ4n) is 2.97. The Morgan fingerprint density at radius 1 is 1.28 bits per heavy atom. The van der Waals surface area contributed by atoms with Crippen LogP contribution in [-0.4, -0.2) is 11.7 Å². The lowest BCUT2D eigenvalue weighted by Gasteiger charge is -2.36. The van der Waals surface area contributed by atoms with Crippen LogP contribution >= 0.6 is 0 Å². The molecule has 18 heavy (non-hydrogen) atoms. The van der Waals surface area contributed by atoms with Gasteiger partial charge in [0.05, 0.1) is 12.2 Å². The molecule has 0 aliphatic heterocycles. The van der Waals surface area contributed by atoms with E-state index < -0.39 is 5.60 Å². The van der Waals surface area contributed by atoms with Gasteiger partial charge in [0.1, 0.15) is 5.75 Å². The second-order valence-corrected chi connectivity index (χ2v) is 5.44. The van der Waals surface area contributed by atoms with Crippen LogP contribution in [0.1, 0.15) is 51.5 Å². The Labute approximate surface area is 110 Å². The molecule has 1 fully saturated rings. The van der Waals surface area contributed by atoms with Crippen LogP contribution in [0.3, 0.4) is 0 Å². The van der Waals surface area contributed by atoms with E-state index in [2.05, 4.69) is 0 Å². The molecular weight excluding hydrogens is 224 g/mol. The Morgan fingerprint density at radius 2 is 2.00 bits per heavy atom. The summed E-state index contributed by atoms with van der Waals surface area (Å²) >= 11 is 0.